The molecule has 1 aliphatic heterocycles. The zero-order valence-electron chi connectivity index (χ0n) is 15.3. The van der Waals surface area contributed by atoms with E-state index in [-0.39, 0.29) is 23.2 Å². The summed E-state index contributed by atoms with van der Waals surface area (Å²) in [6.07, 6.45) is 1.05. The number of likely N-dealkylation sites (tertiary alicyclic amines) is 1. The van der Waals surface area contributed by atoms with Crippen molar-refractivity contribution in [2.75, 3.05) is 13.1 Å². The van der Waals surface area contributed by atoms with Crippen molar-refractivity contribution < 1.29 is 14.3 Å². The van der Waals surface area contributed by atoms with Crippen molar-refractivity contribution in [1.29, 1.82) is 0 Å². The molecule has 0 aliphatic carbocycles. The molecular weight excluding hydrogens is 334 g/mol. The third kappa shape index (κ3) is 3.34. The molecule has 2 heterocycles. The van der Waals surface area contributed by atoms with E-state index in [1.165, 1.54) is 4.68 Å². The molecule has 1 aromatic heterocycles. The highest BCUT2D eigenvalue weighted by atomic mass is 16.5. The van der Waals surface area contributed by atoms with Gasteiger partial charge in [-0.15, -0.1) is 0 Å². The summed E-state index contributed by atoms with van der Waals surface area (Å²) in [6, 6.07) is 6.59. The van der Waals surface area contributed by atoms with E-state index < -0.39 is 12.1 Å². The first-order chi connectivity index (χ1) is 12.4. The lowest BCUT2D eigenvalue weighted by Gasteiger charge is -2.20. The second kappa shape index (κ2) is 7.27. The number of benzene rings is 1. The number of hydrogen-bond acceptors (Lipinski definition) is 5. The molecule has 0 unspecified atom stereocenters. The minimum absolute atomic E-state index is 0.0509. The van der Waals surface area contributed by atoms with E-state index in [1.807, 2.05) is 13.8 Å². The maximum Gasteiger partial charge on any atom is 0.360 e. The Morgan fingerprint density at radius 1 is 1.08 bits per heavy atom. The SMILES string of the molecule is CC(C)n1nc(C(=O)O[C@@H](C)C(=O)N2CCCC2)c2ccccc2c1=O. The Hall–Kier alpha value is -2.70. The van der Waals surface area contributed by atoms with Gasteiger partial charge in [-0.1, -0.05) is 18.2 Å². The van der Waals surface area contributed by atoms with Gasteiger partial charge in [0.05, 0.1) is 11.4 Å². The zero-order valence-corrected chi connectivity index (χ0v) is 15.3. The van der Waals surface area contributed by atoms with Gasteiger partial charge in [-0.05, 0) is 39.7 Å². The molecule has 1 aliphatic rings. The molecule has 1 saturated heterocycles. The van der Waals surface area contributed by atoms with Crippen LogP contribution >= 0.6 is 0 Å². The van der Waals surface area contributed by atoms with Gasteiger partial charge in [0.2, 0.25) is 0 Å². The van der Waals surface area contributed by atoms with Gasteiger partial charge in [-0.2, -0.15) is 5.10 Å². The molecule has 7 nitrogen and oxygen atoms in total. The number of nitrogens with zero attached hydrogens (tertiary/aromatic N) is 3. The molecule has 0 bridgehead atoms. The molecule has 0 spiro atoms. The third-order valence-electron chi connectivity index (χ3n) is 4.56. The average Bonchev–Trinajstić information content (AvgIpc) is 3.15. The summed E-state index contributed by atoms with van der Waals surface area (Å²) < 4.78 is 6.66. The lowest BCUT2D eigenvalue weighted by Crippen LogP contribution is -2.38. The van der Waals surface area contributed by atoms with Gasteiger partial charge in [0.15, 0.2) is 11.8 Å². The highest BCUT2D eigenvalue weighted by Crippen LogP contribution is 2.17. The molecule has 3 rings (SSSR count). The van der Waals surface area contributed by atoms with Crippen LogP contribution in [0.1, 0.15) is 50.1 Å². The van der Waals surface area contributed by atoms with Crippen LogP contribution in [-0.2, 0) is 9.53 Å². The molecule has 2 aromatic rings. The predicted molar refractivity (Wildman–Crippen MR) is 97.1 cm³/mol. The van der Waals surface area contributed by atoms with Crippen LogP contribution in [-0.4, -0.2) is 45.8 Å². The molecule has 0 radical (unpaired) electrons. The number of aromatic nitrogens is 2. The van der Waals surface area contributed by atoms with Crippen molar-refractivity contribution in [1.82, 2.24) is 14.7 Å². The number of carbonyl (C=O) groups excluding carboxylic acids is 2. The van der Waals surface area contributed by atoms with E-state index in [0.29, 0.717) is 23.9 Å². The van der Waals surface area contributed by atoms with Crippen LogP contribution in [0.3, 0.4) is 0 Å². The molecule has 1 atom stereocenters. The van der Waals surface area contributed by atoms with Crippen LogP contribution in [0.2, 0.25) is 0 Å². The molecule has 138 valence electrons. The second-order valence-electron chi connectivity index (χ2n) is 6.82. The van der Waals surface area contributed by atoms with Crippen LogP contribution in [0.15, 0.2) is 29.1 Å². The van der Waals surface area contributed by atoms with Crippen molar-refractivity contribution in [2.45, 2.75) is 45.8 Å². The number of carbonyl (C=O) groups is 2. The molecular formula is C19H23N3O4. The fourth-order valence-corrected chi connectivity index (χ4v) is 3.17. The lowest BCUT2D eigenvalue weighted by atomic mass is 10.1. The van der Waals surface area contributed by atoms with Gasteiger partial charge in [0.1, 0.15) is 0 Å². The summed E-state index contributed by atoms with van der Waals surface area (Å²) in [6.45, 7) is 6.59. The maximum atomic E-state index is 12.7. The quantitative estimate of drug-likeness (QED) is 0.783. The normalized spacial score (nSPS) is 15.5. The van der Waals surface area contributed by atoms with Gasteiger partial charge in [0.25, 0.3) is 11.5 Å². The summed E-state index contributed by atoms with van der Waals surface area (Å²) in [4.78, 5) is 39.3. The third-order valence-corrected chi connectivity index (χ3v) is 4.56. The van der Waals surface area contributed by atoms with E-state index in [2.05, 4.69) is 5.10 Å². The fourth-order valence-electron chi connectivity index (χ4n) is 3.17. The Balaban J connectivity index is 1.93. The Morgan fingerprint density at radius 2 is 1.69 bits per heavy atom. The summed E-state index contributed by atoms with van der Waals surface area (Å²) in [5.41, 5.74) is -0.205. The van der Waals surface area contributed by atoms with E-state index in [1.54, 1.807) is 36.1 Å². The van der Waals surface area contributed by atoms with Gasteiger partial charge >= 0.3 is 5.97 Å². The highest BCUT2D eigenvalue weighted by molar-refractivity contribution is 6.02. The van der Waals surface area contributed by atoms with Gasteiger partial charge in [0, 0.05) is 18.5 Å². The highest BCUT2D eigenvalue weighted by Gasteiger charge is 2.28. The minimum atomic E-state index is -0.888. The Labute approximate surface area is 151 Å². The average molecular weight is 357 g/mol. The smallest absolute Gasteiger partial charge is 0.360 e. The number of fused-ring (bicyclic) bond motifs is 1. The molecule has 0 saturated carbocycles. The Bertz CT molecular complexity index is 897. The van der Waals surface area contributed by atoms with Crippen molar-refractivity contribution in [3.63, 3.8) is 0 Å². The van der Waals surface area contributed by atoms with Crippen LogP contribution in [0.25, 0.3) is 10.8 Å². The largest absolute Gasteiger partial charge is 0.448 e. The van der Waals surface area contributed by atoms with E-state index in [0.717, 1.165) is 12.8 Å². The summed E-state index contributed by atoms with van der Waals surface area (Å²) in [7, 11) is 0. The summed E-state index contributed by atoms with van der Waals surface area (Å²) in [5.74, 6) is -0.895. The van der Waals surface area contributed by atoms with Gasteiger partial charge < -0.3 is 9.64 Å². The van der Waals surface area contributed by atoms with Crippen molar-refractivity contribution in [3.05, 3.63) is 40.3 Å². The van der Waals surface area contributed by atoms with Crippen molar-refractivity contribution in [3.8, 4) is 0 Å². The number of ether oxygens (including phenoxy) is 1. The zero-order chi connectivity index (χ0) is 18.8. The van der Waals surface area contributed by atoms with Gasteiger partial charge in [-0.3, -0.25) is 9.59 Å². The van der Waals surface area contributed by atoms with E-state index >= 15 is 0 Å². The first-order valence-corrected chi connectivity index (χ1v) is 8.91. The standard InChI is InChI=1S/C19H23N3O4/c1-12(2)22-18(24)15-9-5-4-8-14(15)16(20-22)19(25)26-13(3)17(23)21-10-6-7-11-21/h4-5,8-9,12-13H,6-7,10-11H2,1-3H3/t13-/m0/s1. The Morgan fingerprint density at radius 3 is 2.31 bits per heavy atom. The number of amides is 1. The molecule has 7 heteroatoms. The monoisotopic (exact) mass is 357 g/mol. The maximum absolute atomic E-state index is 12.7. The molecule has 26 heavy (non-hydrogen) atoms. The summed E-state index contributed by atoms with van der Waals surface area (Å²) in [5, 5.41) is 5.05. The summed E-state index contributed by atoms with van der Waals surface area (Å²) >= 11 is 0. The number of hydrogen-bond donors (Lipinski definition) is 0. The number of esters is 1. The first kappa shape index (κ1) is 18.1. The predicted octanol–water partition coefficient (Wildman–Crippen LogP) is 2.15. The van der Waals surface area contributed by atoms with E-state index in [4.69, 9.17) is 4.74 Å². The van der Waals surface area contributed by atoms with Crippen LogP contribution in [0, 0.1) is 0 Å². The van der Waals surface area contributed by atoms with E-state index in [9.17, 15) is 14.4 Å². The molecule has 1 amide bonds. The molecule has 1 aromatic carbocycles. The topological polar surface area (TPSA) is 81.5 Å². The molecule has 0 N–H and O–H groups in total. The molecule has 1 fully saturated rings. The van der Waals surface area contributed by atoms with Crippen LogP contribution < -0.4 is 5.56 Å². The van der Waals surface area contributed by atoms with Crippen molar-refractivity contribution in [2.24, 2.45) is 0 Å². The lowest BCUT2D eigenvalue weighted by molar-refractivity contribution is -0.138. The Kier molecular flexibility index (Phi) is 5.06. The number of rotatable bonds is 4. The fraction of sp³-hybridized carbons (Fsp3) is 0.474. The van der Waals surface area contributed by atoms with Crippen molar-refractivity contribution >= 4 is 22.6 Å². The first-order valence-electron chi connectivity index (χ1n) is 8.91. The van der Waals surface area contributed by atoms with Gasteiger partial charge in [-0.25, -0.2) is 9.48 Å². The minimum Gasteiger partial charge on any atom is -0.448 e. The van der Waals surface area contributed by atoms with Crippen LogP contribution in [0.4, 0.5) is 0 Å². The van der Waals surface area contributed by atoms with Crippen LogP contribution in [0.5, 0.6) is 0 Å². The second-order valence-corrected chi connectivity index (χ2v) is 6.82.